The Kier molecular flexibility index (Phi) is 3.98. The predicted octanol–water partition coefficient (Wildman–Crippen LogP) is 1.99. The van der Waals surface area contributed by atoms with E-state index in [2.05, 4.69) is 10.4 Å². The van der Waals surface area contributed by atoms with Crippen LogP contribution in [0.1, 0.15) is 24.6 Å². The van der Waals surface area contributed by atoms with Crippen molar-refractivity contribution in [3.63, 3.8) is 0 Å². The average Bonchev–Trinajstić information content (AvgIpc) is 3.04. The maximum Gasteiger partial charge on any atom is 0.225 e. The molecule has 0 saturated carbocycles. The van der Waals surface area contributed by atoms with E-state index in [9.17, 15) is 9.00 Å². The molecule has 2 aromatic rings. The third-order valence-corrected chi connectivity index (χ3v) is 4.77. The first kappa shape index (κ1) is 14.8. The van der Waals surface area contributed by atoms with Gasteiger partial charge in [0, 0.05) is 22.8 Å². The van der Waals surface area contributed by atoms with Crippen molar-refractivity contribution in [3.8, 4) is 11.4 Å². The number of carbonyl (C=O) groups excluding carboxylic acids is 1. The summed E-state index contributed by atoms with van der Waals surface area (Å²) >= 11 is 0. The highest BCUT2D eigenvalue weighted by Gasteiger charge is 2.28. The number of fused-ring (bicyclic) bond motifs is 1. The second-order valence-corrected chi connectivity index (χ2v) is 6.47. The van der Waals surface area contributed by atoms with Crippen LogP contribution in [0, 0.1) is 0 Å². The van der Waals surface area contributed by atoms with Crippen LogP contribution in [0.15, 0.2) is 24.3 Å². The van der Waals surface area contributed by atoms with Gasteiger partial charge in [0.05, 0.1) is 30.0 Å². The van der Waals surface area contributed by atoms with Crippen molar-refractivity contribution >= 4 is 22.5 Å². The molecule has 1 atom stereocenters. The summed E-state index contributed by atoms with van der Waals surface area (Å²) in [5.74, 6) is 2.16. The van der Waals surface area contributed by atoms with Gasteiger partial charge in [-0.1, -0.05) is 6.92 Å². The summed E-state index contributed by atoms with van der Waals surface area (Å²) in [6.45, 7) is 1.79. The topological polar surface area (TPSA) is 73.2 Å². The van der Waals surface area contributed by atoms with Crippen molar-refractivity contribution < 1.29 is 13.7 Å². The molecule has 1 aliphatic heterocycles. The fraction of sp³-hybridized carbons (Fsp3) is 0.333. The van der Waals surface area contributed by atoms with Crippen LogP contribution in [-0.2, 0) is 27.1 Å². The lowest BCUT2D eigenvalue weighted by atomic mass is 10.2. The number of ether oxygens (including phenoxy) is 1. The number of anilines is 1. The average molecular weight is 319 g/mol. The molecule has 0 bridgehead atoms. The van der Waals surface area contributed by atoms with Crippen molar-refractivity contribution in [1.82, 2.24) is 9.78 Å². The molecule has 0 spiro atoms. The highest BCUT2D eigenvalue weighted by molar-refractivity contribution is 7.83. The number of carbonyl (C=O) groups is 1. The van der Waals surface area contributed by atoms with Crippen molar-refractivity contribution in [2.75, 3.05) is 12.4 Å². The molecule has 3 rings (SSSR count). The summed E-state index contributed by atoms with van der Waals surface area (Å²) < 4.78 is 18.6. The lowest BCUT2D eigenvalue weighted by Gasteiger charge is -2.11. The number of hydrogen-bond acceptors (Lipinski definition) is 4. The molecule has 1 aromatic heterocycles. The van der Waals surface area contributed by atoms with Crippen LogP contribution in [0.2, 0.25) is 0 Å². The first-order valence-corrected chi connectivity index (χ1v) is 8.51. The number of nitrogens with one attached hydrogen (secondary N) is 1. The molecule has 1 amide bonds. The molecular formula is C15H17N3O3S. The molecule has 6 nitrogen and oxygen atoms in total. The largest absolute Gasteiger partial charge is 0.497 e. The second kappa shape index (κ2) is 5.92. The monoisotopic (exact) mass is 319 g/mol. The second-order valence-electron chi connectivity index (χ2n) is 5.01. The van der Waals surface area contributed by atoms with Gasteiger partial charge in [-0.25, -0.2) is 4.68 Å². The molecule has 22 heavy (non-hydrogen) atoms. The molecule has 0 radical (unpaired) electrons. The maximum absolute atomic E-state index is 11.8. The van der Waals surface area contributed by atoms with Crippen LogP contribution >= 0.6 is 0 Å². The van der Waals surface area contributed by atoms with E-state index in [1.54, 1.807) is 18.7 Å². The minimum Gasteiger partial charge on any atom is -0.497 e. The van der Waals surface area contributed by atoms with Crippen molar-refractivity contribution in [3.05, 3.63) is 35.5 Å². The van der Waals surface area contributed by atoms with Crippen LogP contribution in [0.4, 0.5) is 5.82 Å². The molecule has 116 valence electrons. The fourth-order valence-electron chi connectivity index (χ4n) is 2.39. The fourth-order valence-corrected chi connectivity index (χ4v) is 3.65. The zero-order chi connectivity index (χ0) is 15.7. The number of aromatic nitrogens is 2. The van der Waals surface area contributed by atoms with Gasteiger partial charge in [-0.05, 0) is 24.3 Å². The van der Waals surface area contributed by atoms with Gasteiger partial charge < -0.3 is 10.1 Å². The number of benzene rings is 1. The Morgan fingerprint density at radius 3 is 2.73 bits per heavy atom. The Morgan fingerprint density at radius 1 is 1.36 bits per heavy atom. The molecule has 0 fully saturated rings. The summed E-state index contributed by atoms with van der Waals surface area (Å²) in [5.41, 5.74) is 2.49. The minimum absolute atomic E-state index is 0.0878. The molecule has 1 aromatic carbocycles. The smallest absolute Gasteiger partial charge is 0.225 e. The number of methoxy groups -OCH3 is 1. The lowest BCUT2D eigenvalue weighted by molar-refractivity contribution is -0.115. The Labute approximate surface area is 130 Å². The van der Waals surface area contributed by atoms with Gasteiger partial charge >= 0.3 is 0 Å². The van der Waals surface area contributed by atoms with Crippen LogP contribution in [0.3, 0.4) is 0 Å². The SMILES string of the molecule is CCC(=O)Nc1c2c(nn1-c1ccc(OC)cc1)C[S@](=O)C2. The summed E-state index contributed by atoms with van der Waals surface area (Å²) in [7, 11) is 0.679. The molecular weight excluding hydrogens is 302 g/mol. The molecule has 1 aliphatic rings. The van der Waals surface area contributed by atoms with E-state index in [0.717, 1.165) is 22.7 Å². The van der Waals surface area contributed by atoms with Gasteiger partial charge in [0.2, 0.25) is 5.91 Å². The third kappa shape index (κ3) is 2.64. The normalized spacial score (nSPS) is 16.4. The van der Waals surface area contributed by atoms with E-state index in [1.165, 1.54) is 0 Å². The molecule has 0 unspecified atom stereocenters. The summed E-state index contributed by atoms with van der Waals surface area (Å²) in [6, 6.07) is 7.43. The maximum atomic E-state index is 11.8. The number of nitrogens with zero attached hydrogens (tertiary/aromatic N) is 2. The highest BCUT2D eigenvalue weighted by atomic mass is 32.2. The molecule has 1 N–H and O–H groups in total. The minimum atomic E-state index is -0.932. The zero-order valence-electron chi connectivity index (χ0n) is 12.5. The van der Waals surface area contributed by atoms with Gasteiger partial charge in [-0.2, -0.15) is 5.10 Å². The Bertz CT molecular complexity index is 737. The quantitative estimate of drug-likeness (QED) is 0.935. The molecule has 0 saturated heterocycles. The van der Waals surface area contributed by atoms with Crippen molar-refractivity contribution in [1.29, 1.82) is 0 Å². The van der Waals surface area contributed by atoms with E-state index in [0.29, 0.717) is 23.7 Å². The van der Waals surface area contributed by atoms with Crippen molar-refractivity contribution in [2.45, 2.75) is 24.9 Å². The lowest BCUT2D eigenvalue weighted by Crippen LogP contribution is -2.15. The standard InChI is InChI=1S/C15H17N3O3S/c1-3-14(19)16-15-12-8-22(20)9-13(12)17-18(15)10-4-6-11(21-2)7-5-10/h4-7H,3,8-9H2,1-2H3,(H,16,19)/t22-/m1/s1. The first-order valence-electron chi connectivity index (χ1n) is 7.02. The van der Waals surface area contributed by atoms with Gasteiger partial charge in [0.25, 0.3) is 0 Å². The summed E-state index contributed by atoms with van der Waals surface area (Å²) in [6.07, 6.45) is 0.381. The van der Waals surface area contributed by atoms with Gasteiger partial charge in [0.1, 0.15) is 11.6 Å². The predicted molar refractivity (Wildman–Crippen MR) is 84.6 cm³/mol. The van der Waals surface area contributed by atoms with Crippen LogP contribution < -0.4 is 10.1 Å². The Balaban J connectivity index is 2.04. The number of rotatable bonds is 4. The van der Waals surface area contributed by atoms with Gasteiger partial charge in [-0.15, -0.1) is 0 Å². The Morgan fingerprint density at radius 2 is 2.09 bits per heavy atom. The summed E-state index contributed by atoms with van der Waals surface area (Å²) in [4.78, 5) is 11.8. The van der Waals surface area contributed by atoms with Crippen LogP contribution in [0.5, 0.6) is 5.75 Å². The van der Waals surface area contributed by atoms with Crippen LogP contribution in [-0.4, -0.2) is 27.0 Å². The number of hydrogen-bond donors (Lipinski definition) is 1. The highest BCUT2D eigenvalue weighted by Crippen LogP contribution is 2.31. The van der Waals surface area contributed by atoms with Crippen LogP contribution in [0.25, 0.3) is 5.69 Å². The first-order chi connectivity index (χ1) is 10.6. The van der Waals surface area contributed by atoms with Crippen molar-refractivity contribution in [2.24, 2.45) is 0 Å². The van der Waals surface area contributed by atoms with E-state index in [1.807, 2.05) is 24.3 Å². The van der Waals surface area contributed by atoms with Gasteiger partial charge in [-0.3, -0.25) is 9.00 Å². The van der Waals surface area contributed by atoms with E-state index < -0.39 is 10.8 Å². The van der Waals surface area contributed by atoms with E-state index >= 15 is 0 Å². The summed E-state index contributed by atoms with van der Waals surface area (Å²) in [5, 5.41) is 7.41. The number of amides is 1. The van der Waals surface area contributed by atoms with E-state index in [4.69, 9.17) is 4.74 Å². The van der Waals surface area contributed by atoms with Gasteiger partial charge in [0.15, 0.2) is 0 Å². The third-order valence-electron chi connectivity index (χ3n) is 3.57. The van der Waals surface area contributed by atoms with E-state index in [-0.39, 0.29) is 5.91 Å². The molecule has 0 aliphatic carbocycles. The zero-order valence-corrected chi connectivity index (χ0v) is 13.3. The molecule has 2 heterocycles. The molecule has 7 heteroatoms. The Hall–Kier alpha value is -2.15.